The normalized spacial score (nSPS) is 13.4. The van der Waals surface area contributed by atoms with Crippen molar-refractivity contribution in [3.05, 3.63) is 169 Å². The van der Waals surface area contributed by atoms with Crippen LogP contribution in [0.4, 0.5) is 17.1 Å². The standard InChI is InChI=1S/C45H32N2O/c1-45(2)35-19-9-6-17-32(35)43-36(45)20-12-22-38(43)47(30-26-27-42-34(28-30)31-16-8-11-25-41(31)48-42)40-24-13-23-39-44(40)33-18-7-10-21-37(33)46(39)29-14-4-3-5-15-29/h3-28H,1-2H3. The van der Waals surface area contributed by atoms with Gasteiger partial charge in [-0.3, -0.25) is 0 Å². The molecule has 0 saturated carbocycles. The van der Waals surface area contributed by atoms with E-state index in [1.54, 1.807) is 0 Å². The molecule has 0 unspecified atom stereocenters. The summed E-state index contributed by atoms with van der Waals surface area (Å²) in [5.74, 6) is 0. The van der Waals surface area contributed by atoms with E-state index in [1.807, 2.05) is 6.07 Å². The predicted molar refractivity (Wildman–Crippen MR) is 200 cm³/mol. The first-order valence-electron chi connectivity index (χ1n) is 16.6. The molecule has 3 nitrogen and oxygen atoms in total. The fourth-order valence-electron chi connectivity index (χ4n) is 8.22. The monoisotopic (exact) mass is 616 g/mol. The Hall–Kier alpha value is -6.06. The Labute approximate surface area is 278 Å². The van der Waals surface area contributed by atoms with E-state index in [0.29, 0.717) is 0 Å². The molecule has 7 aromatic carbocycles. The summed E-state index contributed by atoms with van der Waals surface area (Å²) in [5.41, 5.74) is 13.9. The van der Waals surface area contributed by atoms with Crippen molar-refractivity contribution in [2.45, 2.75) is 19.3 Å². The van der Waals surface area contributed by atoms with Gasteiger partial charge in [-0.1, -0.05) is 111 Å². The SMILES string of the molecule is CC1(C)c2ccccc2-c2c(N(c3ccc4oc5ccccc5c4c3)c3cccc4c3c3ccccc3n4-c3ccccc3)cccc21. The Morgan fingerprint density at radius 1 is 0.521 bits per heavy atom. The minimum Gasteiger partial charge on any atom is -0.456 e. The van der Waals surface area contributed by atoms with Crippen LogP contribution in [0.1, 0.15) is 25.0 Å². The molecule has 1 aliphatic rings. The van der Waals surface area contributed by atoms with E-state index in [0.717, 1.165) is 39.0 Å². The number of nitrogens with zero attached hydrogens (tertiary/aromatic N) is 2. The summed E-state index contributed by atoms with van der Waals surface area (Å²) < 4.78 is 8.70. The van der Waals surface area contributed by atoms with Crippen molar-refractivity contribution in [3.8, 4) is 16.8 Å². The van der Waals surface area contributed by atoms with E-state index < -0.39 is 0 Å². The quantitative estimate of drug-likeness (QED) is 0.196. The van der Waals surface area contributed by atoms with E-state index in [1.165, 1.54) is 49.7 Å². The van der Waals surface area contributed by atoms with E-state index in [4.69, 9.17) is 4.42 Å². The highest BCUT2D eigenvalue weighted by Gasteiger charge is 2.38. The fourth-order valence-corrected chi connectivity index (χ4v) is 8.22. The highest BCUT2D eigenvalue weighted by Crippen LogP contribution is 2.55. The third kappa shape index (κ3) is 3.70. The van der Waals surface area contributed by atoms with E-state index in [2.05, 4.69) is 175 Å². The van der Waals surface area contributed by atoms with Crippen LogP contribution in [0.25, 0.3) is 60.6 Å². The van der Waals surface area contributed by atoms with Gasteiger partial charge in [-0.25, -0.2) is 0 Å². The molecular formula is C45H32N2O. The molecule has 48 heavy (non-hydrogen) atoms. The molecule has 1 aliphatic carbocycles. The molecule has 0 saturated heterocycles. The molecule has 3 heteroatoms. The molecule has 0 radical (unpaired) electrons. The molecular weight excluding hydrogens is 585 g/mol. The average Bonchev–Trinajstić information content (AvgIpc) is 3.75. The highest BCUT2D eigenvalue weighted by atomic mass is 16.3. The van der Waals surface area contributed by atoms with E-state index >= 15 is 0 Å². The third-order valence-corrected chi connectivity index (χ3v) is 10.4. The van der Waals surface area contributed by atoms with Gasteiger partial charge in [-0.05, 0) is 77.4 Å². The summed E-state index contributed by atoms with van der Waals surface area (Å²) in [6, 6.07) is 57.0. The molecule has 2 heterocycles. The molecule has 228 valence electrons. The van der Waals surface area contributed by atoms with E-state index in [-0.39, 0.29) is 5.41 Å². The van der Waals surface area contributed by atoms with Crippen molar-refractivity contribution in [1.29, 1.82) is 0 Å². The van der Waals surface area contributed by atoms with Gasteiger partial charge in [0.2, 0.25) is 0 Å². The van der Waals surface area contributed by atoms with Crippen molar-refractivity contribution >= 4 is 60.8 Å². The van der Waals surface area contributed by atoms with Crippen LogP contribution in [0.5, 0.6) is 0 Å². The Morgan fingerprint density at radius 2 is 1.19 bits per heavy atom. The highest BCUT2D eigenvalue weighted by molar-refractivity contribution is 6.17. The number of anilines is 3. The predicted octanol–water partition coefficient (Wildman–Crippen LogP) is 12.5. The maximum absolute atomic E-state index is 6.30. The molecule has 0 bridgehead atoms. The Kier molecular flexibility index (Phi) is 5.63. The second kappa shape index (κ2) is 9.97. The molecule has 0 N–H and O–H groups in total. The van der Waals surface area contributed by atoms with Gasteiger partial charge in [0.25, 0.3) is 0 Å². The second-order valence-corrected chi connectivity index (χ2v) is 13.3. The summed E-state index contributed by atoms with van der Waals surface area (Å²) in [6.45, 7) is 4.70. The molecule has 0 atom stereocenters. The number of furan rings is 1. The van der Waals surface area contributed by atoms with Crippen molar-refractivity contribution in [2.75, 3.05) is 4.90 Å². The summed E-state index contributed by atoms with van der Waals surface area (Å²) in [5, 5.41) is 4.68. The van der Waals surface area contributed by atoms with Crippen LogP contribution < -0.4 is 4.90 Å². The third-order valence-electron chi connectivity index (χ3n) is 10.4. The number of hydrogen-bond donors (Lipinski definition) is 0. The first-order valence-corrected chi connectivity index (χ1v) is 16.6. The van der Waals surface area contributed by atoms with Crippen molar-refractivity contribution in [3.63, 3.8) is 0 Å². The van der Waals surface area contributed by atoms with E-state index in [9.17, 15) is 0 Å². The number of hydrogen-bond acceptors (Lipinski definition) is 2. The zero-order chi connectivity index (χ0) is 32.0. The van der Waals surface area contributed by atoms with Gasteiger partial charge in [0.1, 0.15) is 11.2 Å². The molecule has 2 aromatic heterocycles. The maximum atomic E-state index is 6.30. The lowest BCUT2D eigenvalue weighted by atomic mass is 9.82. The fraction of sp³-hybridized carbons (Fsp3) is 0.0667. The van der Waals surface area contributed by atoms with Crippen LogP contribution >= 0.6 is 0 Å². The van der Waals surface area contributed by atoms with Crippen molar-refractivity contribution in [2.24, 2.45) is 0 Å². The summed E-state index contributed by atoms with van der Waals surface area (Å²) in [7, 11) is 0. The molecule has 0 aliphatic heterocycles. The van der Waals surface area contributed by atoms with Crippen molar-refractivity contribution < 1.29 is 4.42 Å². The number of rotatable bonds is 4. The number of aromatic nitrogens is 1. The van der Waals surface area contributed by atoms with Gasteiger partial charge in [0.15, 0.2) is 0 Å². The van der Waals surface area contributed by atoms with Crippen LogP contribution in [-0.4, -0.2) is 4.57 Å². The minimum atomic E-state index is -0.117. The zero-order valence-electron chi connectivity index (χ0n) is 26.8. The lowest BCUT2D eigenvalue weighted by Crippen LogP contribution is -2.16. The smallest absolute Gasteiger partial charge is 0.135 e. The van der Waals surface area contributed by atoms with Crippen molar-refractivity contribution in [1.82, 2.24) is 4.57 Å². The number of para-hydroxylation sites is 3. The van der Waals surface area contributed by atoms with Crippen LogP contribution in [0.3, 0.4) is 0 Å². The summed E-state index contributed by atoms with van der Waals surface area (Å²) >= 11 is 0. The minimum absolute atomic E-state index is 0.117. The first-order chi connectivity index (χ1) is 23.6. The van der Waals surface area contributed by atoms with Gasteiger partial charge in [-0.2, -0.15) is 0 Å². The summed E-state index contributed by atoms with van der Waals surface area (Å²) in [6.07, 6.45) is 0. The Bertz CT molecular complexity index is 2710. The summed E-state index contributed by atoms with van der Waals surface area (Å²) in [4.78, 5) is 2.49. The van der Waals surface area contributed by atoms with Gasteiger partial charge in [0, 0.05) is 43.9 Å². The number of fused-ring (bicyclic) bond motifs is 9. The largest absolute Gasteiger partial charge is 0.456 e. The molecule has 0 amide bonds. The van der Waals surface area contributed by atoms with Crippen LogP contribution in [-0.2, 0) is 5.41 Å². The molecule has 9 aromatic rings. The Morgan fingerprint density at radius 3 is 2.08 bits per heavy atom. The molecule has 10 rings (SSSR count). The second-order valence-electron chi connectivity index (χ2n) is 13.3. The topological polar surface area (TPSA) is 21.3 Å². The van der Waals surface area contributed by atoms with Crippen LogP contribution in [0.2, 0.25) is 0 Å². The van der Waals surface area contributed by atoms with Gasteiger partial charge >= 0.3 is 0 Å². The molecule has 0 spiro atoms. The number of benzene rings is 7. The Balaban J connectivity index is 1.34. The maximum Gasteiger partial charge on any atom is 0.135 e. The lowest BCUT2D eigenvalue weighted by molar-refractivity contribution is 0.660. The molecule has 0 fully saturated rings. The lowest BCUT2D eigenvalue weighted by Gasteiger charge is -2.29. The van der Waals surface area contributed by atoms with Crippen LogP contribution in [0.15, 0.2) is 162 Å². The van der Waals surface area contributed by atoms with Crippen LogP contribution in [0, 0.1) is 0 Å². The average molecular weight is 617 g/mol. The first kappa shape index (κ1) is 27.1. The van der Waals surface area contributed by atoms with Gasteiger partial charge < -0.3 is 13.9 Å². The zero-order valence-corrected chi connectivity index (χ0v) is 26.8. The van der Waals surface area contributed by atoms with Gasteiger partial charge in [0.05, 0.1) is 22.4 Å². The van der Waals surface area contributed by atoms with Gasteiger partial charge in [-0.15, -0.1) is 0 Å².